The predicted octanol–water partition coefficient (Wildman–Crippen LogP) is 2.90. The van der Waals surface area contributed by atoms with Gasteiger partial charge in [-0.25, -0.2) is 0 Å². The number of halogens is 3. The van der Waals surface area contributed by atoms with Gasteiger partial charge in [0.2, 0.25) is 0 Å². The molecule has 0 bridgehead atoms. The fraction of sp³-hybridized carbons (Fsp3) is 0.333. The highest BCUT2D eigenvalue weighted by atomic mass is 19.4. The summed E-state index contributed by atoms with van der Waals surface area (Å²) in [6.45, 7) is 2.05. The SMILES string of the molecule is CCOc1c[c]cc(C(F)(F)F)c1. The van der Waals surface area contributed by atoms with Gasteiger partial charge in [0.15, 0.2) is 0 Å². The van der Waals surface area contributed by atoms with Crippen LogP contribution >= 0.6 is 0 Å². The molecule has 0 atom stereocenters. The van der Waals surface area contributed by atoms with E-state index in [-0.39, 0.29) is 5.75 Å². The zero-order valence-corrected chi connectivity index (χ0v) is 6.98. The van der Waals surface area contributed by atoms with E-state index in [0.717, 1.165) is 12.1 Å². The Hall–Kier alpha value is -1.19. The Labute approximate surface area is 74.1 Å². The van der Waals surface area contributed by atoms with Crippen LogP contribution in [0.3, 0.4) is 0 Å². The van der Waals surface area contributed by atoms with E-state index in [1.807, 2.05) is 0 Å². The molecule has 0 saturated heterocycles. The fourth-order valence-electron chi connectivity index (χ4n) is 0.864. The van der Waals surface area contributed by atoms with E-state index in [1.54, 1.807) is 6.92 Å². The molecule has 1 rings (SSSR count). The summed E-state index contributed by atoms with van der Waals surface area (Å²) in [6, 6.07) is 5.60. The molecule has 1 aromatic carbocycles. The molecule has 0 fully saturated rings. The Morgan fingerprint density at radius 3 is 2.62 bits per heavy atom. The van der Waals surface area contributed by atoms with Gasteiger partial charge in [-0.2, -0.15) is 13.2 Å². The highest BCUT2D eigenvalue weighted by Crippen LogP contribution is 2.30. The van der Waals surface area contributed by atoms with E-state index < -0.39 is 11.7 Å². The van der Waals surface area contributed by atoms with Gasteiger partial charge < -0.3 is 4.74 Å². The van der Waals surface area contributed by atoms with Crippen molar-refractivity contribution < 1.29 is 17.9 Å². The smallest absolute Gasteiger partial charge is 0.416 e. The Kier molecular flexibility index (Phi) is 2.80. The molecule has 1 nitrogen and oxygen atoms in total. The zero-order valence-electron chi connectivity index (χ0n) is 6.98. The maximum absolute atomic E-state index is 12.1. The lowest BCUT2D eigenvalue weighted by atomic mass is 10.2. The minimum Gasteiger partial charge on any atom is -0.494 e. The van der Waals surface area contributed by atoms with Crippen LogP contribution in [0.2, 0.25) is 0 Å². The van der Waals surface area contributed by atoms with Crippen LogP contribution in [0.4, 0.5) is 13.2 Å². The lowest BCUT2D eigenvalue weighted by molar-refractivity contribution is -0.137. The maximum Gasteiger partial charge on any atom is 0.416 e. The standard InChI is InChI=1S/C9H8F3O/c1-2-13-8-5-3-4-7(6-8)9(10,11)12/h4-6H,2H2,1H3. The van der Waals surface area contributed by atoms with Crippen molar-refractivity contribution in [2.75, 3.05) is 6.61 Å². The van der Waals surface area contributed by atoms with Gasteiger partial charge in [-0.15, -0.1) is 0 Å². The molecular formula is C9H8F3O. The Balaban J connectivity index is 2.92. The molecule has 0 aromatic heterocycles. The molecule has 13 heavy (non-hydrogen) atoms. The summed E-state index contributed by atoms with van der Waals surface area (Å²) < 4.78 is 41.3. The van der Waals surface area contributed by atoms with Crippen LogP contribution in [0.15, 0.2) is 18.2 Å². The summed E-state index contributed by atoms with van der Waals surface area (Å²) in [7, 11) is 0. The monoisotopic (exact) mass is 189 g/mol. The van der Waals surface area contributed by atoms with Crippen molar-refractivity contribution in [2.24, 2.45) is 0 Å². The quantitative estimate of drug-likeness (QED) is 0.695. The van der Waals surface area contributed by atoms with Crippen molar-refractivity contribution >= 4 is 0 Å². The van der Waals surface area contributed by atoms with Crippen LogP contribution in [0, 0.1) is 6.07 Å². The molecule has 1 aromatic rings. The summed E-state index contributed by atoms with van der Waals surface area (Å²) in [5.41, 5.74) is -0.738. The molecule has 4 heteroatoms. The first-order chi connectivity index (χ1) is 6.04. The van der Waals surface area contributed by atoms with Crippen LogP contribution in [0.5, 0.6) is 5.75 Å². The van der Waals surface area contributed by atoms with Crippen LogP contribution in [-0.2, 0) is 6.18 Å². The second-order valence-electron chi connectivity index (χ2n) is 2.39. The first kappa shape index (κ1) is 9.89. The predicted molar refractivity (Wildman–Crippen MR) is 41.4 cm³/mol. The molecule has 0 spiro atoms. The number of hydrogen-bond acceptors (Lipinski definition) is 1. The molecule has 0 aliphatic carbocycles. The average molecular weight is 189 g/mol. The number of rotatable bonds is 2. The van der Waals surface area contributed by atoms with Crippen LogP contribution in [0.1, 0.15) is 12.5 Å². The van der Waals surface area contributed by atoms with Gasteiger partial charge in [-0.05, 0) is 31.2 Å². The van der Waals surface area contributed by atoms with E-state index in [9.17, 15) is 13.2 Å². The molecule has 1 radical (unpaired) electrons. The van der Waals surface area contributed by atoms with Crippen molar-refractivity contribution in [1.29, 1.82) is 0 Å². The second-order valence-corrected chi connectivity index (χ2v) is 2.39. The third kappa shape index (κ3) is 2.65. The molecule has 0 saturated carbocycles. The average Bonchev–Trinajstić information content (AvgIpc) is 2.04. The molecular weight excluding hydrogens is 181 g/mol. The van der Waals surface area contributed by atoms with Gasteiger partial charge in [0.05, 0.1) is 12.2 Å². The third-order valence-electron chi connectivity index (χ3n) is 1.40. The molecule has 0 unspecified atom stereocenters. The van der Waals surface area contributed by atoms with Crippen molar-refractivity contribution in [2.45, 2.75) is 13.1 Å². The van der Waals surface area contributed by atoms with E-state index in [1.165, 1.54) is 6.07 Å². The lowest BCUT2D eigenvalue weighted by Gasteiger charge is -2.08. The van der Waals surface area contributed by atoms with Gasteiger partial charge in [0.1, 0.15) is 5.75 Å². The summed E-state index contributed by atoms with van der Waals surface area (Å²) >= 11 is 0. The fourth-order valence-corrected chi connectivity index (χ4v) is 0.864. The molecule has 0 amide bonds. The van der Waals surface area contributed by atoms with E-state index in [4.69, 9.17) is 4.74 Å². The molecule has 0 aliphatic rings. The second kappa shape index (κ2) is 3.68. The van der Waals surface area contributed by atoms with Gasteiger partial charge in [0.25, 0.3) is 0 Å². The number of alkyl halides is 3. The van der Waals surface area contributed by atoms with E-state index in [0.29, 0.717) is 6.61 Å². The normalized spacial score (nSPS) is 11.4. The summed E-state index contributed by atoms with van der Waals surface area (Å²) in [6.07, 6.45) is -4.33. The number of benzene rings is 1. The van der Waals surface area contributed by atoms with Crippen LogP contribution < -0.4 is 4.74 Å². The first-order valence-corrected chi connectivity index (χ1v) is 3.75. The molecule has 71 valence electrons. The maximum atomic E-state index is 12.1. The van der Waals surface area contributed by atoms with Gasteiger partial charge >= 0.3 is 6.18 Å². The largest absolute Gasteiger partial charge is 0.494 e. The Morgan fingerprint density at radius 2 is 2.08 bits per heavy atom. The van der Waals surface area contributed by atoms with E-state index >= 15 is 0 Å². The van der Waals surface area contributed by atoms with Crippen molar-refractivity contribution in [3.05, 3.63) is 29.8 Å². The molecule has 0 aliphatic heterocycles. The Morgan fingerprint density at radius 1 is 1.38 bits per heavy atom. The summed E-state index contributed by atoms with van der Waals surface area (Å²) in [5.74, 6) is 0.192. The van der Waals surface area contributed by atoms with Gasteiger partial charge in [-0.3, -0.25) is 0 Å². The third-order valence-corrected chi connectivity index (χ3v) is 1.40. The molecule has 0 heterocycles. The topological polar surface area (TPSA) is 9.23 Å². The van der Waals surface area contributed by atoms with Crippen molar-refractivity contribution in [3.63, 3.8) is 0 Å². The zero-order chi connectivity index (χ0) is 9.90. The lowest BCUT2D eigenvalue weighted by Crippen LogP contribution is -2.05. The molecule has 0 N–H and O–H groups in total. The minimum atomic E-state index is -4.33. The minimum absolute atomic E-state index is 0.192. The van der Waals surface area contributed by atoms with Crippen molar-refractivity contribution in [3.8, 4) is 5.75 Å². The van der Waals surface area contributed by atoms with Crippen LogP contribution in [-0.4, -0.2) is 6.61 Å². The summed E-state index contributed by atoms with van der Waals surface area (Å²) in [4.78, 5) is 0. The summed E-state index contributed by atoms with van der Waals surface area (Å²) in [5, 5.41) is 0. The van der Waals surface area contributed by atoms with Gasteiger partial charge in [0, 0.05) is 0 Å². The van der Waals surface area contributed by atoms with Crippen molar-refractivity contribution in [1.82, 2.24) is 0 Å². The van der Waals surface area contributed by atoms with E-state index in [2.05, 4.69) is 6.07 Å². The highest BCUT2D eigenvalue weighted by Gasteiger charge is 2.30. The Bertz CT molecular complexity index is 280. The number of hydrogen-bond donors (Lipinski definition) is 0. The van der Waals surface area contributed by atoms with Gasteiger partial charge in [-0.1, -0.05) is 0 Å². The number of ether oxygens (including phenoxy) is 1. The highest BCUT2D eigenvalue weighted by molar-refractivity contribution is 5.29. The first-order valence-electron chi connectivity index (χ1n) is 3.75. The van der Waals surface area contributed by atoms with Crippen LogP contribution in [0.25, 0.3) is 0 Å².